The maximum Gasteiger partial charge on any atom is 0.246 e. The van der Waals surface area contributed by atoms with Gasteiger partial charge >= 0.3 is 0 Å². The van der Waals surface area contributed by atoms with E-state index in [4.69, 9.17) is 0 Å². The molecule has 0 amide bonds. The van der Waals surface area contributed by atoms with Gasteiger partial charge in [-0.15, -0.1) is 0 Å². The van der Waals surface area contributed by atoms with Crippen molar-refractivity contribution in [2.75, 3.05) is 13.1 Å². The summed E-state index contributed by atoms with van der Waals surface area (Å²) < 4.78 is 41.3. The molecule has 122 valence electrons. The van der Waals surface area contributed by atoms with Crippen LogP contribution in [-0.4, -0.2) is 30.8 Å². The van der Waals surface area contributed by atoms with E-state index in [1.165, 1.54) is 16.4 Å². The third kappa shape index (κ3) is 3.14. The monoisotopic (exact) mass is 334 g/mol. The number of sulfonamides is 1. The molecule has 1 saturated heterocycles. The Morgan fingerprint density at radius 3 is 2.65 bits per heavy atom. The van der Waals surface area contributed by atoms with Crippen molar-refractivity contribution in [2.24, 2.45) is 0 Å². The van der Waals surface area contributed by atoms with E-state index in [2.05, 4.69) is 4.98 Å². The predicted molar refractivity (Wildman–Crippen MR) is 86.1 cm³/mol. The van der Waals surface area contributed by atoms with Crippen molar-refractivity contribution in [3.05, 3.63) is 59.7 Å². The molecule has 1 atom stereocenters. The first-order valence-electron chi connectivity index (χ1n) is 7.65. The van der Waals surface area contributed by atoms with Gasteiger partial charge in [0.1, 0.15) is 10.7 Å². The SMILES string of the molecule is Cc1cccc(F)c1S(=O)(=O)N1CCCC(c2ccncc2)C1. The van der Waals surface area contributed by atoms with E-state index in [1.54, 1.807) is 25.4 Å². The smallest absolute Gasteiger partial charge is 0.246 e. The first kappa shape index (κ1) is 16.1. The molecule has 1 unspecified atom stereocenters. The standard InChI is InChI=1S/C17H19FN2O2S/c1-13-4-2-6-16(18)17(13)23(21,22)20-11-3-5-15(12-20)14-7-9-19-10-8-14/h2,4,6-10,15H,3,5,11-12H2,1H3. The molecule has 0 saturated carbocycles. The van der Waals surface area contributed by atoms with Crippen molar-refractivity contribution in [3.8, 4) is 0 Å². The van der Waals surface area contributed by atoms with Crippen molar-refractivity contribution in [2.45, 2.75) is 30.6 Å². The minimum atomic E-state index is -3.82. The van der Waals surface area contributed by atoms with E-state index in [1.807, 2.05) is 12.1 Å². The van der Waals surface area contributed by atoms with Crippen LogP contribution in [0.15, 0.2) is 47.6 Å². The Bertz CT molecular complexity index is 773. The highest BCUT2D eigenvalue weighted by atomic mass is 32.2. The van der Waals surface area contributed by atoms with E-state index < -0.39 is 15.8 Å². The van der Waals surface area contributed by atoms with Gasteiger partial charge in [0, 0.05) is 25.5 Å². The molecule has 6 heteroatoms. The summed E-state index contributed by atoms with van der Waals surface area (Å²) in [5, 5.41) is 0. The highest BCUT2D eigenvalue weighted by Gasteiger charge is 2.33. The highest BCUT2D eigenvalue weighted by Crippen LogP contribution is 2.31. The second kappa shape index (κ2) is 6.37. The van der Waals surface area contributed by atoms with Crippen molar-refractivity contribution in [1.29, 1.82) is 0 Å². The summed E-state index contributed by atoms with van der Waals surface area (Å²) in [6.45, 7) is 2.43. The molecule has 0 bridgehead atoms. The molecular formula is C17H19FN2O2S. The number of benzene rings is 1. The van der Waals surface area contributed by atoms with Crippen molar-refractivity contribution < 1.29 is 12.8 Å². The van der Waals surface area contributed by atoms with E-state index in [9.17, 15) is 12.8 Å². The number of hydrogen-bond acceptors (Lipinski definition) is 3. The van der Waals surface area contributed by atoms with Gasteiger partial charge in [0.2, 0.25) is 10.0 Å². The van der Waals surface area contributed by atoms with Gasteiger partial charge in [-0.25, -0.2) is 12.8 Å². The van der Waals surface area contributed by atoms with Crippen LogP contribution in [0, 0.1) is 12.7 Å². The number of aryl methyl sites for hydroxylation is 1. The molecule has 0 aliphatic carbocycles. The van der Waals surface area contributed by atoms with Crippen LogP contribution in [0.2, 0.25) is 0 Å². The van der Waals surface area contributed by atoms with Gasteiger partial charge < -0.3 is 0 Å². The molecular weight excluding hydrogens is 315 g/mol. The summed E-state index contributed by atoms with van der Waals surface area (Å²) >= 11 is 0. The lowest BCUT2D eigenvalue weighted by Crippen LogP contribution is -2.39. The Balaban J connectivity index is 1.92. The zero-order chi connectivity index (χ0) is 16.4. The van der Waals surface area contributed by atoms with E-state index >= 15 is 0 Å². The van der Waals surface area contributed by atoms with E-state index in [0.717, 1.165) is 18.4 Å². The topological polar surface area (TPSA) is 50.3 Å². The Morgan fingerprint density at radius 1 is 1.22 bits per heavy atom. The summed E-state index contributed by atoms with van der Waals surface area (Å²) in [7, 11) is -3.82. The number of aromatic nitrogens is 1. The van der Waals surface area contributed by atoms with Crippen LogP contribution in [0.25, 0.3) is 0 Å². The fourth-order valence-electron chi connectivity index (χ4n) is 3.14. The quantitative estimate of drug-likeness (QED) is 0.867. The second-order valence-electron chi connectivity index (χ2n) is 5.87. The molecule has 23 heavy (non-hydrogen) atoms. The lowest BCUT2D eigenvalue weighted by molar-refractivity contribution is 0.314. The van der Waals surface area contributed by atoms with Crippen molar-refractivity contribution in [3.63, 3.8) is 0 Å². The van der Waals surface area contributed by atoms with E-state index in [-0.39, 0.29) is 10.8 Å². The van der Waals surface area contributed by atoms with Crippen LogP contribution in [0.1, 0.15) is 29.9 Å². The molecule has 2 heterocycles. The summed E-state index contributed by atoms with van der Waals surface area (Å²) in [6, 6.07) is 8.17. The Hall–Kier alpha value is -1.79. The van der Waals surface area contributed by atoms with Gasteiger partial charge in [-0.1, -0.05) is 12.1 Å². The van der Waals surface area contributed by atoms with Crippen LogP contribution in [0.5, 0.6) is 0 Å². The predicted octanol–water partition coefficient (Wildman–Crippen LogP) is 3.10. The zero-order valence-electron chi connectivity index (χ0n) is 12.9. The molecule has 1 aromatic heterocycles. The first-order chi connectivity index (χ1) is 11.0. The molecule has 4 nitrogen and oxygen atoms in total. The Morgan fingerprint density at radius 2 is 1.96 bits per heavy atom. The molecule has 0 spiro atoms. The molecule has 1 aliphatic rings. The molecule has 3 rings (SSSR count). The van der Waals surface area contributed by atoms with Crippen molar-refractivity contribution in [1.82, 2.24) is 9.29 Å². The third-order valence-electron chi connectivity index (χ3n) is 4.32. The zero-order valence-corrected chi connectivity index (χ0v) is 13.8. The summed E-state index contributed by atoms with van der Waals surface area (Å²) in [5.74, 6) is -0.565. The third-order valence-corrected chi connectivity index (χ3v) is 6.37. The van der Waals surface area contributed by atoms with Gasteiger partial charge in [0.05, 0.1) is 0 Å². The van der Waals surface area contributed by atoms with E-state index in [0.29, 0.717) is 18.7 Å². The molecule has 1 fully saturated rings. The maximum atomic E-state index is 14.1. The molecule has 1 aromatic carbocycles. The van der Waals surface area contributed by atoms with Gasteiger partial charge in [-0.3, -0.25) is 4.98 Å². The number of nitrogens with zero attached hydrogens (tertiary/aromatic N) is 2. The molecule has 1 aliphatic heterocycles. The average molecular weight is 334 g/mol. The van der Waals surface area contributed by atoms with Crippen LogP contribution in [0.3, 0.4) is 0 Å². The number of hydrogen-bond donors (Lipinski definition) is 0. The van der Waals surface area contributed by atoms with Gasteiger partial charge in [-0.2, -0.15) is 4.31 Å². The van der Waals surface area contributed by atoms with Gasteiger partial charge in [-0.05, 0) is 55.0 Å². The highest BCUT2D eigenvalue weighted by molar-refractivity contribution is 7.89. The fraction of sp³-hybridized carbons (Fsp3) is 0.353. The summed E-state index contributed by atoms with van der Waals surface area (Å²) in [6.07, 6.45) is 5.11. The average Bonchev–Trinajstić information content (AvgIpc) is 2.55. The normalized spacial score (nSPS) is 19.7. The van der Waals surface area contributed by atoms with Gasteiger partial charge in [0.25, 0.3) is 0 Å². The lowest BCUT2D eigenvalue weighted by Gasteiger charge is -2.32. The number of piperidine rings is 1. The Kier molecular flexibility index (Phi) is 4.46. The second-order valence-corrected chi connectivity index (χ2v) is 7.74. The number of rotatable bonds is 3. The van der Waals surface area contributed by atoms with Crippen LogP contribution >= 0.6 is 0 Å². The largest absolute Gasteiger partial charge is 0.265 e. The lowest BCUT2D eigenvalue weighted by atomic mass is 9.92. The molecule has 0 N–H and O–H groups in total. The minimum Gasteiger partial charge on any atom is -0.265 e. The maximum absolute atomic E-state index is 14.1. The van der Waals surface area contributed by atoms with Crippen LogP contribution in [0.4, 0.5) is 4.39 Å². The molecule has 2 aromatic rings. The van der Waals surface area contributed by atoms with Crippen molar-refractivity contribution >= 4 is 10.0 Å². The Labute approximate surface area is 136 Å². The first-order valence-corrected chi connectivity index (χ1v) is 9.09. The molecule has 0 radical (unpaired) electrons. The number of pyridine rings is 1. The van der Waals surface area contributed by atoms with Crippen LogP contribution in [-0.2, 0) is 10.0 Å². The summed E-state index contributed by atoms with van der Waals surface area (Å²) in [4.78, 5) is 3.80. The van der Waals surface area contributed by atoms with Crippen LogP contribution < -0.4 is 0 Å². The fourth-order valence-corrected chi connectivity index (χ4v) is 4.93. The summed E-state index contributed by atoms with van der Waals surface area (Å²) in [5.41, 5.74) is 1.51. The number of halogens is 1. The van der Waals surface area contributed by atoms with Gasteiger partial charge in [0.15, 0.2) is 0 Å². The minimum absolute atomic E-state index is 0.119.